The minimum absolute atomic E-state index is 0.00616. The molecule has 0 spiro atoms. The smallest absolute Gasteiger partial charge is 0.270 e. The molecule has 0 radical (unpaired) electrons. The van der Waals surface area contributed by atoms with Crippen molar-refractivity contribution >= 4 is 64.1 Å². The van der Waals surface area contributed by atoms with Gasteiger partial charge in [-0.2, -0.15) is 0 Å². The Bertz CT molecular complexity index is 1390. The molecule has 0 unspecified atom stereocenters. The average molecular weight is 514 g/mol. The van der Waals surface area contributed by atoms with Crippen LogP contribution in [-0.4, -0.2) is 28.6 Å². The van der Waals surface area contributed by atoms with E-state index in [1.165, 1.54) is 4.90 Å². The second-order valence-corrected chi connectivity index (χ2v) is 9.05. The van der Waals surface area contributed by atoms with Crippen LogP contribution < -0.4 is 15.0 Å². The highest BCUT2D eigenvalue weighted by atomic mass is 35.5. The van der Waals surface area contributed by atoms with Crippen LogP contribution in [-0.2, 0) is 9.59 Å². The van der Waals surface area contributed by atoms with Crippen LogP contribution in [0.3, 0.4) is 0 Å². The highest BCUT2D eigenvalue weighted by Gasteiger charge is 2.35. The number of halogens is 2. The molecule has 1 fully saturated rings. The number of amides is 2. The summed E-state index contributed by atoms with van der Waals surface area (Å²) in [7, 11) is 1.59. The third-order valence-electron chi connectivity index (χ3n) is 5.73. The van der Waals surface area contributed by atoms with Gasteiger partial charge in [0.15, 0.2) is 5.11 Å². The molecule has 3 aromatic rings. The number of carbonyl (C=O) groups excluding carboxylic acids is 2. The molecule has 0 bridgehead atoms. The summed E-state index contributed by atoms with van der Waals surface area (Å²) in [6.07, 6.45) is 1.57. The Kier molecular flexibility index (Phi) is 6.53. The van der Waals surface area contributed by atoms with Gasteiger partial charge in [0.05, 0.1) is 18.5 Å². The molecule has 1 N–H and O–H groups in total. The van der Waals surface area contributed by atoms with Gasteiger partial charge in [0, 0.05) is 21.4 Å². The summed E-state index contributed by atoms with van der Waals surface area (Å²) >= 11 is 17.8. The standard InChI is InChI=1S/C25H21Cl2N3O3S/c1-13-10-16(15(3)29(13)21-12-17(26)8-9-22(21)33-4)11-18-23(31)28-25(34)30(24(18)32)20-7-5-6-19(27)14(20)2/h5-12H,1-4H3,(H,28,31,34)/b18-11+. The van der Waals surface area contributed by atoms with Crippen LogP contribution in [0.1, 0.15) is 22.5 Å². The summed E-state index contributed by atoms with van der Waals surface area (Å²) in [5, 5.41) is 3.68. The Labute approximate surface area is 212 Å². The first-order valence-corrected chi connectivity index (χ1v) is 11.5. The molecule has 2 heterocycles. The molecule has 0 saturated carbocycles. The molecule has 34 heavy (non-hydrogen) atoms. The van der Waals surface area contributed by atoms with E-state index in [4.69, 9.17) is 40.2 Å². The quantitative estimate of drug-likeness (QED) is 0.282. The summed E-state index contributed by atoms with van der Waals surface area (Å²) in [5.41, 5.74) is 4.31. The van der Waals surface area contributed by atoms with Gasteiger partial charge in [0.1, 0.15) is 11.3 Å². The van der Waals surface area contributed by atoms with E-state index in [1.54, 1.807) is 56.5 Å². The monoisotopic (exact) mass is 513 g/mol. The number of aryl methyl sites for hydroxylation is 1. The van der Waals surface area contributed by atoms with Crippen molar-refractivity contribution in [3.8, 4) is 11.4 Å². The van der Waals surface area contributed by atoms with E-state index in [9.17, 15) is 9.59 Å². The minimum atomic E-state index is -0.559. The summed E-state index contributed by atoms with van der Waals surface area (Å²) < 4.78 is 7.47. The molecule has 2 amide bonds. The van der Waals surface area contributed by atoms with Crippen LogP contribution >= 0.6 is 35.4 Å². The predicted octanol–water partition coefficient (Wildman–Crippen LogP) is 5.55. The van der Waals surface area contributed by atoms with Crippen molar-refractivity contribution in [3.05, 3.63) is 80.6 Å². The van der Waals surface area contributed by atoms with E-state index in [2.05, 4.69) is 5.32 Å². The normalized spacial score (nSPS) is 15.2. The molecule has 9 heteroatoms. The van der Waals surface area contributed by atoms with Gasteiger partial charge in [-0.05, 0) is 86.6 Å². The second kappa shape index (κ2) is 9.25. The molecular weight excluding hydrogens is 493 g/mol. The van der Waals surface area contributed by atoms with E-state index < -0.39 is 11.8 Å². The number of nitrogens with zero attached hydrogens (tertiary/aromatic N) is 2. The van der Waals surface area contributed by atoms with E-state index in [-0.39, 0.29) is 10.7 Å². The third-order valence-corrected chi connectivity index (χ3v) is 6.66. The Morgan fingerprint density at radius 2 is 1.76 bits per heavy atom. The van der Waals surface area contributed by atoms with Gasteiger partial charge in [-0.3, -0.25) is 19.8 Å². The molecule has 4 rings (SSSR count). The first-order valence-electron chi connectivity index (χ1n) is 10.3. The SMILES string of the molecule is COc1ccc(Cl)cc1-n1c(C)cc(/C=C2\C(=O)NC(=S)N(c3cccc(Cl)c3C)C2=O)c1C. The summed E-state index contributed by atoms with van der Waals surface area (Å²) in [4.78, 5) is 27.5. The fraction of sp³-hybridized carbons (Fsp3) is 0.160. The Morgan fingerprint density at radius 1 is 1.03 bits per heavy atom. The highest BCUT2D eigenvalue weighted by molar-refractivity contribution is 7.80. The van der Waals surface area contributed by atoms with E-state index in [0.717, 1.165) is 17.1 Å². The number of hydrogen-bond donors (Lipinski definition) is 1. The number of anilines is 1. The molecule has 1 saturated heterocycles. The summed E-state index contributed by atoms with van der Waals surface area (Å²) in [6.45, 7) is 5.61. The molecule has 174 valence electrons. The number of hydrogen-bond acceptors (Lipinski definition) is 4. The van der Waals surface area contributed by atoms with Gasteiger partial charge in [-0.15, -0.1) is 0 Å². The number of carbonyl (C=O) groups is 2. The van der Waals surface area contributed by atoms with Crippen molar-refractivity contribution in [2.75, 3.05) is 12.0 Å². The third kappa shape index (κ3) is 4.11. The molecule has 1 aromatic heterocycles. The average Bonchev–Trinajstić information content (AvgIpc) is 3.06. The first kappa shape index (κ1) is 24.0. The van der Waals surface area contributed by atoms with Crippen molar-refractivity contribution in [2.45, 2.75) is 20.8 Å². The maximum Gasteiger partial charge on any atom is 0.270 e. The van der Waals surface area contributed by atoms with Crippen LogP contribution in [0.4, 0.5) is 5.69 Å². The Morgan fingerprint density at radius 3 is 2.47 bits per heavy atom. The fourth-order valence-electron chi connectivity index (χ4n) is 4.01. The molecule has 2 aromatic carbocycles. The molecular formula is C25H21Cl2N3O3S. The molecule has 0 aliphatic carbocycles. The number of benzene rings is 2. The largest absolute Gasteiger partial charge is 0.495 e. The Balaban J connectivity index is 1.82. The van der Waals surface area contributed by atoms with Crippen molar-refractivity contribution in [1.82, 2.24) is 9.88 Å². The maximum atomic E-state index is 13.5. The molecule has 1 aliphatic heterocycles. The van der Waals surface area contributed by atoms with Gasteiger partial charge in [-0.25, -0.2) is 0 Å². The topological polar surface area (TPSA) is 63.6 Å². The lowest BCUT2D eigenvalue weighted by atomic mass is 10.1. The van der Waals surface area contributed by atoms with Crippen LogP contribution in [0.2, 0.25) is 10.0 Å². The zero-order chi connectivity index (χ0) is 24.7. The van der Waals surface area contributed by atoms with Crippen molar-refractivity contribution in [2.24, 2.45) is 0 Å². The number of thiocarbonyl (C=S) groups is 1. The Hall–Kier alpha value is -3.13. The highest BCUT2D eigenvalue weighted by Crippen LogP contribution is 2.33. The van der Waals surface area contributed by atoms with Gasteiger partial charge >= 0.3 is 0 Å². The van der Waals surface area contributed by atoms with Gasteiger partial charge < -0.3 is 9.30 Å². The summed E-state index contributed by atoms with van der Waals surface area (Å²) in [5.74, 6) is -0.440. The number of nitrogens with one attached hydrogen (secondary N) is 1. The zero-order valence-electron chi connectivity index (χ0n) is 18.9. The van der Waals surface area contributed by atoms with Crippen LogP contribution in [0, 0.1) is 20.8 Å². The van der Waals surface area contributed by atoms with Crippen molar-refractivity contribution in [1.29, 1.82) is 0 Å². The van der Waals surface area contributed by atoms with Gasteiger partial charge in [-0.1, -0.05) is 29.3 Å². The van der Waals surface area contributed by atoms with Crippen LogP contribution in [0.5, 0.6) is 5.75 Å². The zero-order valence-corrected chi connectivity index (χ0v) is 21.2. The number of rotatable bonds is 4. The molecule has 6 nitrogen and oxygen atoms in total. The van der Waals surface area contributed by atoms with E-state index in [0.29, 0.717) is 32.6 Å². The molecule has 1 aliphatic rings. The van der Waals surface area contributed by atoms with Crippen LogP contribution in [0.25, 0.3) is 11.8 Å². The number of methoxy groups -OCH3 is 1. The number of ether oxygens (including phenoxy) is 1. The van der Waals surface area contributed by atoms with Gasteiger partial charge in [0.25, 0.3) is 11.8 Å². The van der Waals surface area contributed by atoms with Crippen molar-refractivity contribution < 1.29 is 14.3 Å². The fourth-order valence-corrected chi connectivity index (χ4v) is 4.62. The van der Waals surface area contributed by atoms with E-state index in [1.807, 2.05) is 24.5 Å². The second-order valence-electron chi connectivity index (χ2n) is 7.82. The minimum Gasteiger partial charge on any atom is -0.495 e. The first-order chi connectivity index (χ1) is 16.1. The predicted molar refractivity (Wildman–Crippen MR) is 139 cm³/mol. The lowest BCUT2D eigenvalue weighted by molar-refractivity contribution is -0.122. The van der Waals surface area contributed by atoms with Gasteiger partial charge in [0.2, 0.25) is 0 Å². The lowest BCUT2D eigenvalue weighted by Gasteiger charge is -2.30. The summed E-state index contributed by atoms with van der Waals surface area (Å²) in [6, 6.07) is 12.4. The number of aromatic nitrogens is 1. The molecule has 0 atom stereocenters. The lowest BCUT2D eigenvalue weighted by Crippen LogP contribution is -2.54. The maximum absolute atomic E-state index is 13.5. The van der Waals surface area contributed by atoms with E-state index >= 15 is 0 Å². The van der Waals surface area contributed by atoms with Crippen LogP contribution in [0.15, 0.2) is 48.0 Å². The van der Waals surface area contributed by atoms with Crippen molar-refractivity contribution in [3.63, 3.8) is 0 Å².